The number of halogens is 2. The summed E-state index contributed by atoms with van der Waals surface area (Å²) in [7, 11) is 0. The van der Waals surface area contributed by atoms with Crippen LogP contribution in [0, 0.1) is 17.6 Å². The molecule has 2 saturated heterocycles. The van der Waals surface area contributed by atoms with Crippen LogP contribution in [-0.2, 0) is 4.74 Å². The fourth-order valence-electron chi connectivity index (χ4n) is 4.28. The van der Waals surface area contributed by atoms with E-state index < -0.39 is 23.1 Å². The summed E-state index contributed by atoms with van der Waals surface area (Å²) in [5, 5.41) is 2.87. The molecule has 1 aliphatic carbocycles. The molecule has 0 radical (unpaired) electrons. The lowest BCUT2D eigenvalue weighted by Gasteiger charge is -2.51. The highest BCUT2D eigenvalue weighted by atomic mass is 19.1. The highest BCUT2D eigenvalue weighted by Crippen LogP contribution is 2.43. The van der Waals surface area contributed by atoms with Crippen LogP contribution in [0.25, 0.3) is 0 Å². The molecule has 3 fully saturated rings. The number of rotatable bonds is 3. The SMILES string of the molecule is O=C(NC1C2CCOC2C1N1CCCC1)c1c(F)cccc1F. The van der Waals surface area contributed by atoms with E-state index in [0.717, 1.165) is 44.5 Å². The summed E-state index contributed by atoms with van der Waals surface area (Å²) < 4.78 is 33.4. The minimum absolute atomic E-state index is 0.0906. The van der Waals surface area contributed by atoms with E-state index in [1.165, 1.54) is 6.07 Å². The molecule has 4 rings (SSSR count). The number of hydrogen-bond acceptors (Lipinski definition) is 3. The van der Waals surface area contributed by atoms with Gasteiger partial charge in [0.1, 0.15) is 17.2 Å². The van der Waals surface area contributed by atoms with Gasteiger partial charge in [-0.05, 0) is 44.5 Å². The first-order chi connectivity index (χ1) is 11.2. The van der Waals surface area contributed by atoms with Gasteiger partial charge in [0.15, 0.2) is 0 Å². The fraction of sp³-hybridized carbons (Fsp3) is 0.588. The van der Waals surface area contributed by atoms with E-state index in [1.807, 2.05) is 0 Å². The summed E-state index contributed by atoms with van der Waals surface area (Å²) in [6, 6.07) is 3.52. The van der Waals surface area contributed by atoms with Crippen LogP contribution in [0.4, 0.5) is 8.78 Å². The number of carbonyl (C=O) groups excluding carboxylic acids is 1. The molecule has 2 heterocycles. The van der Waals surface area contributed by atoms with E-state index in [0.29, 0.717) is 6.61 Å². The molecule has 6 heteroatoms. The van der Waals surface area contributed by atoms with Gasteiger partial charge in [-0.3, -0.25) is 9.69 Å². The molecule has 23 heavy (non-hydrogen) atoms. The van der Waals surface area contributed by atoms with Crippen molar-refractivity contribution in [1.29, 1.82) is 0 Å². The Labute approximate surface area is 133 Å². The Kier molecular flexibility index (Phi) is 3.81. The average molecular weight is 322 g/mol. The maximum absolute atomic E-state index is 13.8. The van der Waals surface area contributed by atoms with E-state index in [9.17, 15) is 13.6 Å². The number of nitrogens with one attached hydrogen (secondary N) is 1. The first-order valence-electron chi connectivity index (χ1n) is 8.27. The van der Waals surface area contributed by atoms with Crippen LogP contribution in [-0.4, -0.2) is 48.7 Å². The third kappa shape index (κ3) is 2.44. The Balaban J connectivity index is 1.53. The molecule has 3 aliphatic rings. The Morgan fingerprint density at radius 3 is 2.61 bits per heavy atom. The molecule has 1 aromatic rings. The molecule has 1 aromatic carbocycles. The minimum atomic E-state index is -0.821. The number of nitrogens with zero attached hydrogens (tertiary/aromatic N) is 1. The molecule has 1 saturated carbocycles. The first kappa shape index (κ1) is 15.0. The van der Waals surface area contributed by atoms with E-state index in [4.69, 9.17) is 4.74 Å². The molecule has 1 amide bonds. The molecule has 0 spiro atoms. The van der Waals surface area contributed by atoms with Crippen LogP contribution >= 0.6 is 0 Å². The molecule has 4 nitrogen and oxygen atoms in total. The lowest BCUT2D eigenvalue weighted by atomic mass is 9.70. The van der Waals surface area contributed by atoms with E-state index >= 15 is 0 Å². The number of likely N-dealkylation sites (tertiary alicyclic amines) is 1. The Morgan fingerprint density at radius 2 is 1.91 bits per heavy atom. The van der Waals surface area contributed by atoms with Gasteiger partial charge < -0.3 is 10.1 Å². The van der Waals surface area contributed by atoms with Crippen molar-refractivity contribution in [1.82, 2.24) is 10.2 Å². The second kappa shape index (κ2) is 5.83. The second-order valence-electron chi connectivity index (χ2n) is 6.62. The van der Waals surface area contributed by atoms with Gasteiger partial charge in [0, 0.05) is 12.5 Å². The minimum Gasteiger partial charge on any atom is -0.376 e. The van der Waals surface area contributed by atoms with Gasteiger partial charge in [0.05, 0.1) is 18.2 Å². The van der Waals surface area contributed by atoms with Gasteiger partial charge in [-0.25, -0.2) is 8.78 Å². The van der Waals surface area contributed by atoms with Crippen molar-refractivity contribution in [2.24, 2.45) is 5.92 Å². The predicted molar refractivity (Wildman–Crippen MR) is 80.1 cm³/mol. The molecule has 1 N–H and O–H groups in total. The Bertz CT molecular complexity index is 594. The van der Waals surface area contributed by atoms with Gasteiger partial charge >= 0.3 is 0 Å². The van der Waals surface area contributed by atoms with Gasteiger partial charge in [-0.15, -0.1) is 0 Å². The highest BCUT2D eigenvalue weighted by molar-refractivity contribution is 5.95. The zero-order valence-electron chi connectivity index (χ0n) is 12.8. The number of carbonyl (C=O) groups is 1. The topological polar surface area (TPSA) is 41.6 Å². The standard InChI is InChI=1S/C17H20F2N2O2/c18-11-4-3-5-12(19)13(11)17(22)20-14-10-6-9-23-16(10)15(14)21-7-1-2-8-21/h3-5,10,14-16H,1-2,6-9H2,(H,20,22). The summed E-state index contributed by atoms with van der Waals surface area (Å²) in [4.78, 5) is 14.7. The number of fused-ring (bicyclic) bond motifs is 1. The lowest BCUT2D eigenvalue weighted by Crippen LogP contribution is -2.70. The summed E-state index contributed by atoms with van der Waals surface area (Å²) in [5.41, 5.74) is -0.491. The zero-order valence-corrected chi connectivity index (χ0v) is 12.8. The van der Waals surface area contributed by atoms with Crippen molar-refractivity contribution in [2.75, 3.05) is 19.7 Å². The summed E-state index contributed by atoms with van der Waals surface area (Å²) in [6.07, 6.45) is 3.33. The smallest absolute Gasteiger partial charge is 0.257 e. The molecule has 0 aromatic heterocycles. The van der Waals surface area contributed by atoms with Crippen molar-refractivity contribution in [2.45, 2.75) is 37.5 Å². The number of amides is 1. The van der Waals surface area contributed by atoms with Crippen LogP contribution in [0.1, 0.15) is 29.6 Å². The quantitative estimate of drug-likeness (QED) is 0.925. The van der Waals surface area contributed by atoms with Gasteiger partial charge in [-0.2, -0.15) is 0 Å². The van der Waals surface area contributed by atoms with Crippen molar-refractivity contribution in [3.8, 4) is 0 Å². The van der Waals surface area contributed by atoms with Gasteiger partial charge in [0.25, 0.3) is 5.91 Å². The van der Waals surface area contributed by atoms with Crippen molar-refractivity contribution >= 4 is 5.91 Å². The fourth-order valence-corrected chi connectivity index (χ4v) is 4.28. The zero-order chi connectivity index (χ0) is 16.0. The third-order valence-electron chi connectivity index (χ3n) is 5.40. The number of benzene rings is 1. The van der Waals surface area contributed by atoms with Crippen LogP contribution in [0.3, 0.4) is 0 Å². The maximum atomic E-state index is 13.8. The van der Waals surface area contributed by atoms with Gasteiger partial charge in [0.2, 0.25) is 0 Å². The molecule has 124 valence electrons. The molecule has 4 unspecified atom stereocenters. The number of ether oxygens (including phenoxy) is 1. The summed E-state index contributed by atoms with van der Waals surface area (Å²) in [5.74, 6) is -2.06. The molecule has 2 aliphatic heterocycles. The summed E-state index contributed by atoms with van der Waals surface area (Å²) >= 11 is 0. The van der Waals surface area contributed by atoms with Crippen LogP contribution in [0.2, 0.25) is 0 Å². The van der Waals surface area contributed by atoms with Crippen molar-refractivity contribution in [3.05, 3.63) is 35.4 Å². The van der Waals surface area contributed by atoms with Crippen LogP contribution in [0.5, 0.6) is 0 Å². The van der Waals surface area contributed by atoms with E-state index in [2.05, 4.69) is 10.2 Å². The molecule has 0 bridgehead atoms. The second-order valence-corrected chi connectivity index (χ2v) is 6.62. The van der Waals surface area contributed by atoms with Gasteiger partial charge in [-0.1, -0.05) is 6.07 Å². The highest BCUT2D eigenvalue weighted by Gasteiger charge is 2.57. The third-order valence-corrected chi connectivity index (χ3v) is 5.40. The van der Waals surface area contributed by atoms with Crippen LogP contribution < -0.4 is 5.32 Å². The van der Waals surface area contributed by atoms with E-state index in [1.54, 1.807) is 0 Å². The Hall–Kier alpha value is -1.53. The Morgan fingerprint density at radius 1 is 1.22 bits per heavy atom. The summed E-state index contributed by atoms with van der Waals surface area (Å²) in [6.45, 7) is 2.69. The molecular formula is C17H20F2N2O2. The maximum Gasteiger partial charge on any atom is 0.257 e. The molecule has 4 atom stereocenters. The predicted octanol–water partition coefficient (Wildman–Crippen LogP) is 1.95. The van der Waals surface area contributed by atoms with Crippen molar-refractivity contribution in [3.63, 3.8) is 0 Å². The monoisotopic (exact) mass is 322 g/mol. The van der Waals surface area contributed by atoms with Crippen LogP contribution in [0.15, 0.2) is 18.2 Å². The number of hydrogen-bond donors (Lipinski definition) is 1. The first-order valence-corrected chi connectivity index (χ1v) is 8.27. The molecular weight excluding hydrogens is 302 g/mol. The van der Waals surface area contributed by atoms with E-state index in [-0.39, 0.29) is 24.1 Å². The largest absolute Gasteiger partial charge is 0.376 e. The average Bonchev–Trinajstić information content (AvgIpc) is 3.16. The lowest BCUT2D eigenvalue weighted by molar-refractivity contribution is -0.0748. The normalized spacial score (nSPS) is 33.3. The van der Waals surface area contributed by atoms with Crippen molar-refractivity contribution < 1.29 is 18.3 Å².